The highest BCUT2D eigenvalue weighted by Gasteiger charge is 2.14. The van der Waals surface area contributed by atoms with Gasteiger partial charge in [0.05, 0.1) is 27.0 Å². The molecule has 0 radical (unpaired) electrons. The molecule has 0 unspecified atom stereocenters. The quantitative estimate of drug-likeness (QED) is 0.608. The third-order valence-corrected chi connectivity index (χ3v) is 4.32. The molecule has 6 nitrogen and oxygen atoms in total. The van der Waals surface area contributed by atoms with E-state index in [0.717, 1.165) is 5.56 Å². The smallest absolute Gasteiger partial charge is 0.255 e. The largest absolute Gasteiger partial charge is 0.497 e. The van der Waals surface area contributed by atoms with Crippen LogP contribution in [0.5, 0.6) is 23.0 Å². The number of hydrogen-bond donors (Lipinski definition) is 1. The Morgan fingerprint density at radius 1 is 0.793 bits per heavy atom. The first kappa shape index (κ1) is 20.1. The van der Waals surface area contributed by atoms with Crippen LogP contribution in [-0.2, 0) is 6.61 Å². The van der Waals surface area contributed by atoms with Crippen molar-refractivity contribution in [3.63, 3.8) is 0 Å². The molecule has 3 aromatic carbocycles. The molecular weight excluding hydrogens is 370 g/mol. The molecule has 0 saturated heterocycles. The summed E-state index contributed by atoms with van der Waals surface area (Å²) >= 11 is 0. The molecule has 0 aromatic heterocycles. The summed E-state index contributed by atoms with van der Waals surface area (Å²) in [6.07, 6.45) is 0. The van der Waals surface area contributed by atoms with Crippen LogP contribution in [-0.4, -0.2) is 27.2 Å². The summed E-state index contributed by atoms with van der Waals surface area (Å²) in [6.45, 7) is 0.406. The van der Waals surface area contributed by atoms with Gasteiger partial charge in [0.1, 0.15) is 18.1 Å². The number of carbonyl (C=O) groups is 1. The van der Waals surface area contributed by atoms with E-state index in [4.69, 9.17) is 18.9 Å². The van der Waals surface area contributed by atoms with Crippen molar-refractivity contribution in [2.75, 3.05) is 26.6 Å². The zero-order chi connectivity index (χ0) is 20.6. The van der Waals surface area contributed by atoms with Gasteiger partial charge in [0.25, 0.3) is 5.91 Å². The Hall–Kier alpha value is -3.67. The first-order chi connectivity index (χ1) is 14.1. The maximum atomic E-state index is 12.7. The Labute approximate surface area is 170 Å². The number of nitrogens with one attached hydrogen (secondary N) is 1. The number of anilines is 1. The number of methoxy groups -OCH3 is 3. The van der Waals surface area contributed by atoms with Gasteiger partial charge >= 0.3 is 0 Å². The number of hydrogen-bond acceptors (Lipinski definition) is 5. The van der Waals surface area contributed by atoms with Crippen molar-refractivity contribution in [2.24, 2.45) is 0 Å². The van der Waals surface area contributed by atoms with E-state index < -0.39 is 0 Å². The highest BCUT2D eigenvalue weighted by Crippen LogP contribution is 2.31. The molecule has 0 atom stereocenters. The van der Waals surface area contributed by atoms with E-state index in [-0.39, 0.29) is 5.91 Å². The molecule has 0 aliphatic carbocycles. The predicted octanol–water partition coefficient (Wildman–Crippen LogP) is 4.54. The summed E-state index contributed by atoms with van der Waals surface area (Å²) in [4.78, 5) is 12.7. The fraction of sp³-hybridized carbons (Fsp3) is 0.174. The number of ether oxygens (including phenoxy) is 4. The van der Waals surface area contributed by atoms with E-state index in [1.165, 1.54) is 7.11 Å². The molecule has 0 aliphatic rings. The predicted molar refractivity (Wildman–Crippen MR) is 111 cm³/mol. The molecule has 0 heterocycles. The lowest BCUT2D eigenvalue weighted by atomic mass is 10.1. The van der Waals surface area contributed by atoms with Crippen LogP contribution in [0.2, 0.25) is 0 Å². The lowest BCUT2D eigenvalue weighted by molar-refractivity contribution is 0.102. The highest BCUT2D eigenvalue weighted by atomic mass is 16.5. The van der Waals surface area contributed by atoms with E-state index >= 15 is 0 Å². The molecule has 6 heteroatoms. The van der Waals surface area contributed by atoms with Crippen LogP contribution in [0.25, 0.3) is 0 Å². The van der Waals surface area contributed by atoms with Crippen molar-refractivity contribution >= 4 is 11.6 Å². The van der Waals surface area contributed by atoms with Crippen LogP contribution in [0.3, 0.4) is 0 Å². The zero-order valence-corrected chi connectivity index (χ0v) is 16.6. The fourth-order valence-electron chi connectivity index (χ4n) is 2.77. The van der Waals surface area contributed by atoms with Crippen LogP contribution in [0, 0.1) is 0 Å². The summed E-state index contributed by atoms with van der Waals surface area (Å²) in [7, 11) is 4.64. The molecule has 0 aliphatic heterocycles. The Kier molecular flexibility index (Phi) is 6.58. The average Bonchev–Trinajstić information content (AvgIpc) is 2.78. The lowest BCUT2D eigenvalue weighted by Crippen LogP contribution is -2.13. The van der Waals surface area contributed by atoms with Gasteiger partial charge in [-0.1, -0.05) is 30.3 Å². The molecule has 150 valence electrons. The highest BCUT2D eigenvalue weighted by molar-refractivity contribution is 6.05. The maximum absolute atomic E-state index is 12.7. The molecule has 3 aromatic rings. The van der Waals surface area contributed by atoms with Crippen LogP contribution in [0.4, 0.5) is 5.69 Å². The van der Waals surface area contributed by atoms with E-state index in [2.05, 4.69) is 5.32 Å². The van der Waals surface area contributed by atoms with Crippen molar-refractivity contribution < 1.29 is 23.7 Å². The molecule has 29 heavy (non-hydrogen) atoms. The Morgan fingerprint density at radius 3 is 2.21 bits per heavy atom. The third kappa shape index (κ3) is 4.99. The average molecular weight is 393 g/mol. The lowest BCUT2D eigenvalue weighted by Gasteiger charge is -2.14. The molecule has 3 rings (SSSR count). The van der Waals surface area contributed by atoms with Crippen LogP contribution in [0.1, 0.15) is 15.9 Å². The second-order valence-corrected chi connectivity index (χ2v) is 6.16. The SMILES string of the molecule is COc1ccc(OC)c(NC(=O)c2ccc(OCc3ccccc3)c(OC)c2)c1. The van der Waals surface area contributed by atoms with Crippen molar-refractivity contribution in [2.45, 2.75) is 6.61 Å². The Bertz CT molecular complexity index is 972. The second kappa shape index (κ2) is 9.50. The van der Waals surface area contributed by atoms with Crippen molar-refractivity contribution in [1.29, 1.82) is 0 Å². The van der Waals surface area contributed by atoms with E-state index in [9.17, 15) is 4.79 Å². The van der Waals surface area contributed by atoms with Crippen LogP contribution < -0.4 is 24.3 Å². The third-order valence-electron chi connectivity index (χ3n) is 4.32. The minimum Gasteiger partial charge on any atom is -0.497 e. The van der Waals surface area contributed by atoms with Gasteiger partial charge in [0, 0.05) is 11.6 Å². The minimum atomic E-state index is -0.301. The van der Waals surface area contributed by atoms with Crippen LogP contribution in [0.15, 0.2) is 66.7 Å². The Balaban J connectivity index is 1.76. The van der Waals surface area contributed by atoms with Gasteiger partial charge in [-0.2, -0.15) is 0 Å². The summed E-state index contributed by atoms with van der Waals surface area (Å²) in [5, 5.41) is 2.84. The Morgan fingerprint density at radius 2 is 1.52 bits per heavy atom. The van der Waals surface area contributed by atoms with Gasteiger partial charge < -0.3 is 24.3 Å². The number of benzene rings is 3. The number of carbonyl (C=O) groups excluding carboxylic acids is 1. The summed E-state index contributed by atoms with van der Waals surface area (Å²) in [5.41, 5.74) is 1.99. The first-order valence-corrected chi connectivity index (χ1v) is 9.02. The fourth-order valence-corrected chi connectivity index (χ4v) is 2.77. The maximum Gasteiger partial charge on any atom is 0.255 e. The first-order valence-electron chi connectivity index (χ1n) is 9.02. The molecule has 0 saturated carbocycles. The standard InChI is InChI=1S/C23H23NO5/c1-26-18-10-12-20(27-2)19(14-18)24-23(25)17-9-11-21(22(13-17)28-3)29-15-16-7-5-4-6-8-16/h4-14H,15H2,1-3H3,(H,24,25). The number of amides is 1. The van der Waals surface area contributed by atoms with Gasteiger partial charge in [-0.3, -0.25) is 4.79 Å². The normalized spacial score (nSPS) is 10.2. The van der Waals surface area contributed by atoms with Gasteiger partial charge in [0.2, 0.25) is 0 Å². The zero-order valence-electron chi connectivity index (χ0n) is 16.6. The molecule has 1 N–H and O–H groups in total. The topological polar surface area (TPSA) is 66.0 Å². The van der Waals surface area contributed by atoms with Crippen molar-refractivity contribution in [1.82, 2.24) is 0 Å². The molecule has 0 spiro atoms. The summed E-state index contributed by atoms with van der Waals surface area (Å²) in [6, 6.07) is 20.1. The van der Waals surface area contributed by atoms with E-state index in [1.54, 1.807) is 50.6 Å². The molecule has 0 fully saturated rings. The minimum absolute atomic E-state index is 0.301. The van der Waals surface area contributed by atoms with Gasteiger partial charge in [-0.05, 0) is 35.9 Å². The van der Waals surface area contributed by atoms with Gasteiger partial charge in [0.15, 0.2) is 11.5 Å². The van der Waals surface area contributed by atoms with E-state index in [1.807, 2.05) is 30.3 Å². The van der Waals surface area contributed by atoms with Gasteiger partial charge in [-0.15, -0.1) is 0 Å². The van der Waals surface area contributed by atoms with Crippen molar-refractivity contribution in [3.8, 4) is 23.0 Å². The van der Waals surface area contributed by atoms with Gasteiger partial charge in [-0.25, -0.2) is 0 Å². The summed E-state index contributed by atoms with van der Waals surface area (Å²) in [5.74, 6) is 1.89. The second-order valence-electron chi connectivity index (χ2n) is 6.16. The molecular formula is C23H23NO5. The molecule has 0 bridgehead atoms. The summed E-state index contributed by atoms with van der Waals surface area (Å²) < 4.78 is 21.8. The monoisotopic (exact) mass is 393 g/mol. The van der Waals surface area contributed by atoms with E-state index in [0.29, 0.717) is 40.9 Å². The molecule has 1 amide bonds. The number of rotatable bonds is 8. The van der Waals surface area contributed by atoms with Crippen LogP contribution >= 0.6 is 0 Å². The van der Waals surface area contributed by atoms with Crippen molar-refractivity contribution in [3.05, 3.63) is 77.9 Å².